The van der Waals surface area contributed by atoms with Gasteiger partial charge in [0.05, 0.1) is 0 Å². The third-order valence-electron chi connectivity index (χ3n) is 2.92. The van der Waals surface area contributed by atoms with E-state index in [-0.39, 0.29) is 0 Å². The number of benzene rings is 2. The van der Waals surface area contributed by atoms with E-state index in [1.165, 1.54) is 0 Å². The van der Waals surface area contributed by atoms with Gasteiger partial charge < -0.3 is 9.84 Å². The van der Waals surface area contributed by atoms with Crippen molar-refractivity contribution in [1.82, 2.24) is 0 Å². The van der Waals surface area contributed by atoms with Crippen LogP contribution in [0.15, 0.2) is 53.0 Å². The largest absolute Gasteiger partial charge is 0.488 e. The molecule has 1 N–H and O–H groups in total. The van der Waals surface area contributed by atoms with Crippen LogP contribution in [0.1, 0.15) is 16.7 Å². The fourth-order valence-electron chi connectivity index (χ4n) is 1.95. The van der Waals surface area contributed by atoms with E-state index in [9.17, 15) is 4.79 Å². The highest BCUT2D eigenvalue weighted by atomic mass is 79.9. The molecule has 0 radical (unpaired) electrons. The first-order valence-corrected chi connectivity index (χ1v) is 7.23. The van der Waals surface area contributed by atoms with Gasteiger partial charge in [-0.3, -0.25) is 0 Å². The van der Waals surface area contributed by atoms with Crippen molar-refractivity contribution in [3.05, 3.63) is 69.7 Å². The van der Waals surface area contributed by atoms with E-state index in [0.29, 0.717) is 12.4 Å². The van der Waals surface area contributed by atoms with E-state index in [0.717, 1.165) is 27.2 Å². The summed E-state index contributed by atoms with van der Waals surface area (Å²) in [7, 11) is 0. The zero-order valence-corrected chi connectivity index (χ0v) is 13.1. The Morgan fingerprint density at radius 1 is 1.29 bits per heavy atom. The van der Waals surface area contributed by atoms with Crippen molar-refractivity contribution in [3.8, 4) is 5.75 Å². The Kier molecular flexibility index (Phi) is 5.17. The lowest BCUT2D eigenvalue weighted by Gasteiger charge is -2.12. The van der Waals surface area contributed by atoms with E-state index >= 15 is 0 Å². The second-order valence-corrected chi connectivity index (χ2v) is 5.50. The highest BCUT2D eigenvalue weighted by Gasteiger charge is 2.06. The molecule has 2 aromatic carbocycles. The van der Waals surface area contributed by atoms with Crippen molar-refractivity contribution in [1.29, 1.82) is 0 Å². The fourth-order valence-corrected chi connectivity index (χ4v) is 2.39. The zero-order valence-electron chi connectivity index (χ0n) is 11.5. The van der Waals surface area contributed by atoms with Crippen molar-refractivity contribution in [3.63, 3.8) is 0 Å². The molecule has 2 aromatic rings. The summed E-state index contributed by atoms with van der Waals surface area (Å²) in [5.41, 5.74) is 2.77. The van der Waals surface area contributed by atoms with Gasteiger partial charge in [-0.2, -0.15) is 0 Å². The number of ether oxygens (including phenoxy) is 1. The molecule has 21 heavy (non-hydrogen) atoms. The molecule has 0 aromatic heterocycles. The summed E-state index contributed by atoms with van der Waals surface area (Å²) in [5, 5.41) is 8.74. The van der Waals surface area contributed by atoms with Gasteiger partial charge in [0.15, 0.2) is 0 Å². The summed E-state index contributed by atoms with van der Waals surface area (Å²) in [6.45, 7) is 2.37. The molecule has 0 fully saturated rings. The van der Waals surface area contributed by atoms with Crippen LogP contribution in [-0.2, 0) is 11.4 Å². The summed E-state index contributed by atoms with van der Waals surface area (Å²) >= 11 is 3.43. The van der Waals surface area contributed by atoms with Crippen LogP contribution in [0.25, 0.3) is 6.08 Å². The first-order chi connectivity index (χ1) is 10.1. The molecule has 0 aliphatic heterocycles. The van der Waals surface area contributed by atoms with Crippen LogP contribution in [0.5, 0.6) is 5.75 Å². The molecule has 0 bridgehead atoms. The van der Waals surface area contributed by atoms with E-state index in [2.05, 4.69) is 15.9 Å². The van der Waals surface area contributed by atoms with Crippen molar-refractivity contribution < 1.29 is 14.6 Å². The van der Waals surface area contributed by atoms with Crippen LogP contribution >= 0.6 is 15.9 Å². The van der Waals surface area contributed by atoms with Crippen LogP contribution in [0, 0.1) is 6.92 Å². The zero-order chi connectivity index (χ0) is 15.2. The molecular weight excluding hydrogens is 332 g/mol. The smallest absolute Gasteiger partial charge is 0.328 e. The number of aliphatic carboxylic acids is 1. The highest BCUT2D eigenvalue weighted by molar-refractivity contribution is 9.10. The van der Waals surface area contributed by atoms with E-state index in [1.54, 1.807) is 6.08 Å². The van der Waals surface area contributed by atoms with Gasteiger partial charge in [0.1, 0.15) is 12.4 Å². The number of rotatable bonds is 5. The molecule has 2 rings (SSSR count). The lowest BCUT2D eigenvalue weighted by Crippen LogP contribution is -1.99. The number of carbonyl (C=O) groups is 1. The first-order valence-electron chi connectivity index (χ1n) is 6.44. The first kappa shape index (κ1) is 15.3. The van der Waals surface area contributed by atoms with Gasteiger partial charge in [-0.25, -0.2) is 4.79 Å². The molecule has 4 heteroatoms. The summed E-state index contributed by atoms with van der Waals surface area (Å²) < 4.78 is 6.88. The number of para-hydroxylation sites is 1. The third-order valence-corrected chi connectivity index (χ3v) is 3.41. The Morgan fingerprint density at radius 2 is 2.05 bits per heavy atom. The average Bonchev–Trinajstić information content (AvgIpc) is 2.44. The quantitative estimate of drug-likeness (QED) is 0.814. The van der Waals surface area contributed by atoms with Gasteiger partial charge in [-0.15, -0.1) is 0 Å². The van der Waals surface area contributed by atoms with E-state index < -0.39 is 5.97 Å². The van der Waals surface area contributed by atoms with Crippen LogP contribution in [0.2, 0.25) is 0 Å². The SMILES string of the molecule is Cc1cccc(/C=C/C(=O)O)c1OCc1cccc(Br)c1. The molecule has 0 saturated carbocycles. The number of halogens is 1. The predicted molar refractivity (Wildman–Crippen MR) is 86.3 cm³/mol. The molecule has 108 valence electrons. The summed E-state index contributed by atoms with van der Waals surface area (Å²) in [6.07, 6.45) is 2.66. The van der Waals surface area contributed by atoms with Crippen molar-refractivity contribution >= 4 is 28.0 Å². The normalized spacial score (nSPS) is 10.8. The molecule has 0 aliphatic carbocycles. The lowest BCUT2D eigenvalue weighted by atomic mass is 10.1. The molecule has 0 heterocycles. The maximum absolute atomic E-state index is 10.7. The molecule has 0 aliphatic rings. The van der Waals surface area contributed by atoms with Crippen LogP contribution < -0.4 is 4.74 Å². The minimum Gasteiger partial charge on any atom is -0.488 e. The molecule has 3 nitrogen and oxygen atoms in total. The van der Waals surface area contributed by atoms with Gasteiger partial charge in [-0.1, -0.05) is 46.3 Å². The van der Waals surface area contributed by atoms with Crippen molar-refractivity contribution in [2.75, 3.05) is 0 Å². The van der Waals surface area contributed by atoms with E-state index in [1.807, 2.05) is 49.4 Å². The standard InChI is InChI=1S/C17H15BrO3/c1-12-4-2-6-14(8-9-16(19)20)17(12)21-11-13-5-3-7-15(18)10-13/h2-10H,11H2,1H3,(H,19,20)/b9-8+. The summed E-state index contributed by atoms with van der Waals surface area (Å²) in [5.74, 6) is -0.274. The third kappa shape index (κ3) is 4.46. The second kappa shape index (κ2) is 7.09. The maximum Gasteiger partial charge on any atom is 0.328 e. The average molecular weight is 347 g/mol. The Labute approximate surface area is 132 Å². The minimum atomic E-state index is -0.977. The Balaban J connectivity index is 2.20. The molecule has 0 saturated heterocycles. The monoisotopic (exact) mass is 346 g/mol. The second-order valence-electron chi connectivity index (χ2n) is 4.58. The predicted octanol–water partition coefficient (Wildman–Crippen LogP) is 4.43. The van der Waals surface area contributed by atoms with E-state index in [4.69, 9.17) is 9.84 Å². The minimum absolute atomic E-state index is 0.429. The Bertz CT molecular complexity index is 677. The maximum atomic E-state index is 10.7. The van der Waals surface area contributed by atoms with Gasteiger partial charge in [0.2, 0.25) is 0 Å². The van der Waals surface area contributed by atoms with Crippen LogP contribution in [0.3, 0.4) is 0 Å². The molecular formula is C17H15BrO3. The number of hydrogen-bond donors (Lipinski definition) is 1. The topological polar surface area (TPSA) is 46.5 Å². The Hall–Kier alpha value is -2.07. The number of aryl methyl sites for hydroxylation is 1. The summed E-state index contributed by atoms with van der Waals surface area (Å²) in [4.78, 5) is 10.7. The molecule has 0 unspecified atom stereocenters. The van der Waals surface area contributed by atoms with Crippen molar-refractivity contribution in [2.45, 2.75) is 13.5 Å². The van der Waals surface area contributed by atoms with Crippen LogP contribution in [-0.4, -0.2) is 11.1 Å². The number of carboxylic acid groups (broad SMARTS) is 1. The van der Waals surface area contributed by atoms with Gasteiger partial charge in [0, 0.05) is 16.1 Å². The number of carboxylic acids is 1. The fraction of sp³-hybridized carbons (Fsp3) is 0.118. The Morgan fingerprint density at radius 3 is 2.76 bits per heavy atom. The molecule has 0 amide bonds. The number of hydrogen-bond acceptors (Lipinski definition) is 2. The van der Waals surface area contributed by atoms with Gasteiger partial charge in [0.25, 0.3) is 0 Å². The molecule has 0 atom stereocenters. The van der Waals surface area contributed by atoms with Gasteiger partial charge >= 0.3 is 5.97 Å². The van der Waals surface area contributed by atoms with Crippen LogP contribution in [0.4, 0.5) is 0 Å². The van der Waals surface area contributed by atoms with Gasteiger partial charge in [-0.05, 0) is 36.3 Å². The lowest BCUT2D eigenvalue weighted by molar-refractivity contribution is -0.131. The highest BCUT2D eigenvalue weighted by Crippen LogP contribution is 2.26. The molecule has 0 spiro atoms. The summed E-state index contributed by atoms with van der Waals surface area (Å²) in [6, 6.07) is 13.5. The van der Waals surface area contributed by atoms with Crippen molar-refractivity contribution in [2.24, 2.45) is 0 Å².